The number of rotatable bonds is 25. The van der Waals surface area contributed by atoms with E-state index in [-0.39, 0.29) is 12.2 Å². The first-order valence-electron chi connectivity index (χ1n) is 15.3. The van der Waals surface area contributed by atoms with Crippen molar-refractivity contribution in [3.8, 4) is 0 Å². The van der Waals surface area contributed by atoms with Gasteiger partial charge in [-0.25, -0.2) is 0 Å². The molecule has 0 radical (unpaired) electrons. The Morgan fingerprint density at radius 1 is 0.529 bits per heavy atom. The summed E-state index contributed by atoms with van der Waals surface area (Å²) in [5.41, 5.74) is 0. The summed E-state index contributed by atoms with van der Waals surface area (Å²) >= 11 is 0. The molecular formula is C31H61NO2. The number of ether oxygens (including phenoxy) is 2. The van der Waals surface area contributed by atoms with Gasteiger partial charge in [0.2, 0.25) is 0 Å². The number of likely N-dealkylation sites (tertiary alicyclic amines) is 1. The van der Waals surface area contributed by atoms with Crippen LogP contribution >= 0.6 is 0 Å². The summed E-state index contributed by atoms with van der Waals surface area (Å²) in [5.74, 6) is 0. The minimum absolute atomic E-state index is 0.271. The zero-order chi connectivity index (χ0) is 24.5. The molecule has 202 valence electrons. The molecular weight excluding hydrogens is 418 g/mol. The average Bonchev–Trinajstić information content (AvgIpc) is 3.19. The molecule has 1 fully saturated rings. The largest absolute Gasteiger partial charge is 0.374 e. The standard InChI is InChI=1S/C31H61NO2/c1-4-6-8-10-12-13-14-15-16-17-18-19-20-21-23-25-27-34-31-29-32(3)28-30(31)33-26-24-22-11-9-7-5-2/h15-16,30-31H,4-14,17-29H2,1-3H3/b16-15+. The Balaban J connectivity index is 1.89. The Kier molecular flexibility index (Phi) is 22.6. The van der Waals surface area contributed by atoms with Gasteiger partial charge >= 0.3 is 0 Å². The summed E-state index contributed by atoms with van der Waals surface area (Å²) < 4.78 is 12.4. The lowest BCUT2D eigenvalue weighted by molar-refractivity contribution is -0.0481. The third-order valence-corrected chi connectivity index (χ3v) is 7.22. The third-order valence-electron chi connectivity index (χ3n) is 7.22. The fourth-order valence-electron chi connectivity index (χ4n) is 4.95. The van der Waals surface area contributed by atoms with Gasteiger partial charge in [0.1, 0.15) is 0 Å². The lowest BCUT2D eigenvalue weighted by Gasteiger charge is -2.20. The van der Waals surface area contributed by atoms with Gasteiger partial charge in [-0.2, -0.15) is 0 Å². The number of allylic oxidation sites excluding steroid dienone is 2. The molecule has 2 unspecified atom stereocenters. The maximum absolute atomic E-state index is 6.24. The third kappa shape index (κ3) is 18.9. The second kappa shape index (κ2) is 24.3. The smallest absolute Gasteiger partial charge is 0.0975 e. The van der Waals surface area contributed by atoms with Crippen LogP contribution in [0.2, 0.25) is 0 Å². The number of nitrogens with zero attached hydrogens (tertiary/aromatic N) is 1. The molecule has 0 amide bonds. The highest BCUT2D eigenvalue weighted by molar-refractivity contribution is 4.84. The van der Waals surface area contributed by atoms with Crippen LogP contribution < -0.4 is 0 Å². The predicted octanol–water partition coefficient (Wildman–Crippen LogP) is 9.10. The topological polar surface area (TPSA) is 21.7 Å². The molecule has 2 atom stereocenters. The van der Waals surface area contributed by atoms with E-state index in [1.165, 1.54) is 128 Å². The van der Waals surface area contributed by atoms with E-state index in [9.17, 15) is 0 Å². The summed E-state index contributed by atoms with van der Waals surface area (Å²) in [6, 6.07) is 0. The summed E-state index contributed by atoms with van der Waals surface area (Å²) in [4.78, 5) is 2.36. The maximum atomic E-state index is 6.24. The summed E-state index contributed by atoms with van der Waals surface area (Å²) in [7, 11) is 2.19. The molecule has 0 saturated carbocycles. The van der Waals surface area contributed by atoms with Gasteiger partial charge in [0.05, 0.1) is 12.2 Å². The van der Waals surface area contributed by atoms with Crippen LogP contribution in [0.4, 0.5) is 0 Å². The van der Waals surface area contributed by atoms with Gasteiger partial charge in [0.15, 0.2) is 0 Å². The summed E-state index contributed by atoms with van der Waals surface area (Å²) in [5, 5.41) is 0. The van der Waals surface area contributed by atoms with Gasteiger partial charge in [0, 0.05) is 26.3 Å². The van der Waals surface area contributed by atoms with Crippen molar-refractivity contribution < 1.29 is 9.47 Å². The van der Waals surface area contributed by atoms with Crippen LogP contribution in [0.5, 0.6) is 0 Å². The Bertz CT molecular complexity index is 439. The second-order valence-corrected chi connectivity index (χ2v) is 10.7. The monoisotopic (exact) mass is 479 g/mol. The van der Waals surface area contributed by atoms with Crippen molar-refractivity contribution in [2.45, 2.75) is 154 Å². The van der Waals surface area contributed by atoms with E-state index in [0.717, 1.165) is 26.3 Å². The van der Waals surface area contributed by atoms with Crippen LogP contribution in [0.1, 0.15) is 142 Å². The van der Waals surface area contributed by atoms with E-state index in [2.05, 4.69) is 37.9 Å². The van der Waals surface area contributed by atoms with Gasteiger partial charge < -0.3 is 14.4 Å². The van der Waals surface area contributed by atoms with Crippen molar-refractivity contribution in [2.75, 3.05) is 33.4 Å². The number of unbranched alkanes of at least 4 members (excludes halogenated alkanes) is 17. The summed E-state index contributed by atoms with van der Waals surface area (Å²) in [6.45, 7) is 8.41. The zero-order valence-electron chi connectivity index (χ0n) is 23.5. The predicted molar refractivity (Wildman–Crippen MR) is 150 cm³/mol. The van der Waals surface area contributed by atoms with Gasteiger partial charge in [-0.3, -0.25) is 0 Å². The molecule has 0 aliphatic carbocycles. The van der Waals surface area contributed by atoms with E-state index in [1.54, 1.807) is 0 Å². The second-order valence-electron chi connectivity index (χ2n) is 10.7. The van der Waals surface area contributed by atoms with Crippen molar-refractivity contribution >= 4 is 0 Å². The number of hydrogen-bond acceptors (Lipinski definition) is 3. The molecule has 1 heterocycles. The maximum Gasteiger partial charge on any atom is 0.0975 e. The normalized spacial score (nSPS) is 19.0. The first-order chi connectivity index (χ1) is 16.8. The minimum Gasteiger partial charge on any atom is -0.374 e. The zero-order valence-corrected chi connectivity index (χ0v) is 23.5. The van der Waals surface area contributed by atoms with Gasteiger partial charge in [-0.15, -0.1) is 0 Å². The fraction of sp³-hybridized carbons (Fsp3) is 0.935. The molecule has 1 aliphatic heterocycles. The lowest BCUT2D eigenvalue weighted by Crippen LogP contribution is -2.30. The van der Waals surface area contributed by atoms with E-state index < -0.39 is 0 Å². The number of likely N-dealkylation sites (N-methyl/N-ethyl adjacent to an activating group) is 1. The highest BCUT2D eigenvalue weighted by Gasteiger charge is 2.32. The van der Waals surface area contributed by atoms with Crippen molar-refractivity contribution in [3.63, 3.8) is 0 Å². The highest BCUT2D eigenvalue weighted by Crippen LogP contribution is 2.17. The molecule has 34 heavy (non-hydrogen) atoms. The van der Waals surface area contributed by atoms with Crippen molar-refractivity contribution in [2.24, 2.45) is 0 Å². The van der Waals surface area contributed by atoms with E-state index >= 15 is 0 Å². The molecule has 3 nitrogen and oxygen atoms in total. The molecule has 0 aromatic rings. The average molecular weight is 480 g/mol. The molecule has 3 heteroatoms. The van der Waals surface area contributed by atoms with Gasteiger partial charge in [0.25, 0.3) is 0 Å². The molecule has 1 rings (SSSR count). The minimum atomic E-state index is 0.271. The van der Waals surface area contributed by atoms with E-state index in [0.29, 0.717) is 0 Å². The molecule has 0 bridgehead atoms. The van der Waals surface area contributed by atoms with Crippen molar-refractivity contribution in [1.82, 2.24) is 4.90 Å². The van der Waals surface area contributed by atoms with Crippen LogP contribution in [0.3, 0.4) is 0 Å². The quantitative estimate of drug-likeness (QED) is 0.0962. The van der Waals surface area contributed by atoms with Gasteiger partial charge in [-0.05, 0) is 45.6 Å². The molecule has 1 saturated heterocycles. The molecule has 1 aliphatic rings. The first kappa shape index (κ1) is 31.6. The molecule has 0 N–H and O–H groups in total. The first-order valence-corrected chi connectivity index (χ1v) is 15.3. The van der Waals surface area contributed by atoms with Crippen molar-refractivity contribution in [1.29, 1.82) is 0 Å². The van der Waals surface area contributed by atoms with Crippen LogP contribution in [-0.4, -0.2) is 50.5 Å². The van der Waals surface area contributed by atoms with Crippen LogP contribution in [0.15, 0.2) is 12.2 Å². The van der Waals surface area contributed by atoms with Crippen LogP contribution in [0, 0.1) is 0 Å². The molecule has 0 aromatic heterocycles. The van der Waals surface area contributed by atoms with E-state index in [1.807, 2.05) is 0 Å². The highest BCUT2D eigenvalue weighted by atomic mass is 16.5. The van der Waals surface area contributed by atoms with E-state index in [4.69, 9.17) is 9.47 Å². The Morgan fingerprint density at radius 2 is 0.882 bits per heavy atom. The fourth-order valence-corrected chi connectivity index (χ4v) is 4.95. The summed E-state index contributed by atoms with van der Waals surface area (Å²) in [6.07, 6.45) is 32.3. The SMILES string of the molecule is CCCCCCCC/C=C/CCCCCCCCOC1CN(C)CC1OCCCCCCCC. The van der Waals surface area contributed by atoms with Crippen LogP contribution in [-0.2, 0) is 9.47 Å². The molecule has 0 aromatic carbocycles. The Labute approximate surface area is 214 Å². The Morgan fingerprint density at radius 3 is 1.29 bits per heavy atom. The van der Waals surface area contributed by atoms with Crippen molar-refractivity contribution in [3.05, 3.63) is 12.2 Å². The molecule has 0 spiro atoms. The van der Waals surface area contributed by atoms with Gasteiger partial charge in [-0.1, -0.05) is 116 Å². The lowest BCUT2D eigenvalue weighted by atomic mass is 10.1. The Hall–Kier alpha value is -0.380. The number of hydrogen-bond donors (Lipinski definition) is 0. The van der Waals surface area contributed by atoms with Crippen LogP contribution in [0.25, 0.3) is 0 Å².